The quantitative estimate of drug-likeness (QED) is 0.309. The Morgan fingerprint density at radius 2 is 1.89 bits per heavy atom. The summed E-state index contributed by atoms with van der Waals surface area (Å²) in [6.07, 6.45) is -0.655. The highest BCUT2D eigenvalue weighted by atomic mass is 16.5. The van der Waals surface area contributed by atoms with Crippen LogP contribution in [0.5, 0.6) is 0 Å². The Kier molecular flexibility index (Phi) is 9.86. The van der Waals surface area contributed by atoms with Crippen LogP contribution in [-0.2, 0) is 19.1 Å². The number of rotatable bonds is 10. The smallest absolute Gasteiger partial charge is 0.245 e. The average molecular weight is 386 g/mol. The Balaban J connectivity index is 2.66. The van der Waals surface area contributed by atoms with Crippen LogP contribution in [0.1, 0.15) is 34.1 Å². The van der Waals surface area contributed by atoms with Crippen LogP contribution in [0, 0.1) is 11.8 Å². The fraction of sp³-hybridized carbons (Fsp3) is 0.833. The van der Waals surface area contributed by atoms with Crippen LogP contribution in [0.2, 0.25) is 0 Å². The van der Waals surface area contributed by atoms with Crippen molar-refractivity contribution in [2.75, 3.05) is 26.2 Å². The van der Waals surface area contributed by atoms with E-state index in [2.05, 4.69) is 29.8 Å². The molecule has 0 saturated carbocycles. The molecule has 0 radical (unpaired) electrons. The van der Waals surface area contributed by atoms with Gasteiger partial charge in [-0.05, 0) is 26.2 Å². The number of carbonyl (C=O) groups is 3. The number of nitrogens with one attached hydrogen (secondary N) is 3. The highest BCUT2D eigenvalue weighted by Gasteiger charge is 2.33. The number of hydrogen-bond acceptors (Lipinski definition) is 7. The molecular formula is C18H34N4O5. The van der Waals surface area contributed by atoms with E-state index in [1.54, 1.807) is 0 Å². The van der Waals surface area contributed by atoms with Gasteiger partial charge in [-0.15, -0.1) is 0 Å². The number of aliphatic hydroxyl groups excluding tert-OH is 1. The number of amides is 2. The minimum absolute atomic E-state index is 0.0526. The topological polar surface area (TPSA) is 143 Å². The molecule has 1 saturated heterocycles. The maximum absolute atomic E-state index is 12.6. The Labute approximate surface area is 160 Å². The molecule has 0 aromatic carbocycles. The summed E-state index contributed by atoms with van der Waals surface area (Å²) in [5.41, 5.74) is 5.47. The molecule has 2 unspecified atom stereocenters. The van der Waals surface area contributed by atoms with Gasteiger partial charge < -0.3 is 31.5 Å². The number of nitrogens with two attached hydrogens (primary N) is 1. The van der Waals surface area contributed by atoms with Gasteiger partial charge in [0.2, 0.25) is 11.8 Å². The van der Waals surface area contributed by atoms with Crippen LogP contribution < -0.4 is 21.7 Å². The molecule has 1 fully saturated rings. The summed E-state index contributed by atoms with van der Waals surface area (Å²) in [7, 11) is 0. The summed E-state index contributed by atoms with van der Waals surface area (Å²) in [5, 5.41) is 18.1. The molecule has 6 N–H and O–H groups in total. The standard InChI is InChI=1S/C18H34N4O5/c1-10(2)9-27-14-5-13(7-20-8-14)17(25)22-16(12(4)24)18(26)21-15(6-19)11(3)23/h10,12-16,20,24H,5-9,19H2,1-4H3,(H,21,26)(H,22,25)/t12-,13?,14?,15-,16-/m0/s1. The molecule has 0 spiro atoms. The lowest BCUT2D eigenvalue weighted by atomic mass is 9.95. The molecule has 0 bridgehead atoms. The Bertz CT molecular complexity index is 512. The summed E-state index contributed by atoms with van der Waals surface area (Å²) in [4.78, 5) is 36.4. The average Bonchev–Trinajstić information content (AvgIpc) is 2.61. The first-order chi connectivity index (χ1) is 12.6. The van der Waals surface area contributed by atoms with Gasteiger partial charge in [0.1, 0.15) is 6.04 Å². The number of ether oxygens (including phenoxy) is 1. The fourth-order valence-electron chi connectivity index (χ4n) is 2.82. The number of aliphatic hydroxyl groups is 1. The second-order valence-electron chi connectivity index (χ2n) is 7.57. The van der Waals surface area contributed by atoms with Crippen LogP contribution in [0.4, 0.5) is 0 Å². The van der Waals surface area contributed by atoms with E-state index in [0.717, 1.165) is 0 Å². The third kappa shape index (κ3) is 7.92. The van der Waals surface area contributed by atoms with E-state index < -0.39 is 24.1 Å². The van der Waals surface area contributed by atoms with E-state index in [1.165, 1.54) is 13.8 Å². The zero-order chi connectivity index (χ0) is 20.6. The molecule has 0 aliphatic carbocycles. The molecule has 1 heterocycles. The lowest BCUT2D eigenvalue weighted by Crippen LogP contribution is -2.58. The normalized spacial score (nSPS) is 23.4. The molecule has 0 aromatic heterocycles. The van der Waals surface area contributed by atoms with Crippen LogP contribution in [0.25, 0.3) is 0 Å². The van der Waals surface area contributed by atoms with E-state index >= 15 is 0 Å². The molecule has 1 aliphatic rings. The SMILES string of the molecule is CC(=O)[C@H](CN)NC(=O)[C@@H](NC(=O)C1CNCC(OCC(C)C)C1)[C@H](C)O. The number of piperidine rings is 1. The lowest BCUT2D eigenvalue weighted by molar-refractivity contribution is -0.136. The monoisotopic (exact) mass is 386 g/mol. The first kappa shape index (κ1) is 23.5. The summed E-state index contributed by atoms with van der Waals surface area (Å²) in [5.74, 6) is -1.24. The van der Waals surface area contributed by atoms with Gasteiger partial charge in [0.15, 0.2) is 5.78 Å². The maximum Gasteiger partial charge on any atom is 0.245 e. The van der Waals surface area contributed by atoms with Crippen molar-refractivity contribution in [1.29, 1.82) is 0 Å². The Hall–Kier alpha value is -1.55. The number of hydrogen-bond donors (Lipinski definition) is 5. The van der Waals surface area contributed by atoms with Crippen LogP contribution in [0.3, 0.4) is 0 Å². The van der Waals surface area contributed by atoms with Gasteiger partial charge in [0.25, 0.3) is 0 Å². The van der Waals surface area contributed by atoms with Crippen molar-refractivity contribution in [2.45, 2.75) is 58.4 Å². The maximum atomic E-state index is 12.6. The fourth-order valence-corrected chi connectivity index (χ4v) is 2.82. The lowest BCUT2D eigenvalue weighted by Gasteiger charge is -2.31. The summed E-state index contributed by atoms with van der Waals surface area (Å²) < 4.78 is 5.80. The second-order valence-corrected chi connectivity index (χ2v) is 7.57. The first-order valence-corrected chi connectivity index (χ1v) is 9.47. The van der Waals surface area contributed by atoms with E-state index in [0.29, 0.717) is 32.0 Å². The van der Waals surface area contributed by atoms with E-state index in [9.17, 15) is 19.5 Å². The van der Waals surface area contributed by atoms with Gasteiger partial charge in [-0.2, -0.15) is 0 Å². The molecule has 9 nitrogen and oxygen atoms in total. The third-order valence-electron chi connectivity index (χ3n) is 4.45. The molecule has 0 aromatic rings. The minimum atomic E-state index is -1.16. The van der Waals surface area contributed by atoms with Gasteiger partial charge in [-0.1, -0.05) is 13.8 Å². The van der Waals surface area contributed by atoms with Crippen molar-refractivity contribution in [3.8, 4) is 0 Å². The molecule has 9 heteroatoms. The molecular weight excluding hydrogens is 352 g/mol. The Morgan fingerprint density at radius 1 is 1.22 bits per heavy atom. The number of carbonyl (C=O) groups excluding carboxylic acids is 3. The largest absolute Gasteiger partial charge is 0.391 e. The van der Waals surface area contributed by atoms with Crippen molar-refractivity contribution in [3.05, 3.63) is 0 Å². The molecule has 27 heavy (non-hydrogen) atoms. The minimum Gasteiger partial charge on any atom is -0.391 e. The zero-order valence-electron chi connectivity index (χ0n) is 16.7. The molecule has 2 amide bonds. The molecule has 156 valence electrons. The Morgan fingerprint density at radius 3 is 2.41 bits per heavy atom. The molecule has 5 atom stereocenters. The van der Waals surface area contributed by atoms with Crippen LogP contribution in [-0.4, -0.2) is 73.2 Å². The van der Waals surface area contributed by atoms with Crippen molar-refractivity contribution in [1.82, 2.24) is 16.0 Å². The van der Waals surface area contributed by atoms with Crippen molar-refractivity contribution < 1.29 is 24.2 Å². The third-order valence-corrected chi connectivity index (χ3v) is 4.45. The number of ketones is 1. The van der Waals surface area contributed by atoms with E-state index in [1.807, 2.05) is 0 Å². The predicted octanol–water partition coefficient (Wildman–Crippen LogP) is -1.46. The molecule has 1 rings (SSSR count). The highest BCUT2D eigenvalue weighted by molar-refractivity contribution is 5.92. The van der Waals surface area contributed by atoms with Crippen molar-refractivity contribution in [2.24, 2.45) is 17.6 Å². The van der Waals surface area contributed by atoms with E-state index in [-0.39, 0.29) is 30.3 Å². The van der Waals surface area contributed by atoms with Gasteiger partial charge in [-0.25, -0.2) is 0 Å². The van der Waals surface area contributed by atoms with Crippen molar-refractivity contribution >= 4 is 17.6 Å². The second kappa shape index (κ2) is 11.3. The summed E-state index contributed by atoms with van der Waals surface area (Å²) in [6, 6.07) is -2.01. The van der Waals surface area contributed by atoms with Gasteiger partial charge >= 0.3 is 0 Å². The zero-order valence-corrected chi connectivity index (χ0v) is 16.7. The first-order valence-electron chi connectivity index (χ1n) is 9.47. The highest BCUT2D eigenvalue weighted by Crippen LogP contribution is 2.15. The van der Waals surface area contributed by atoms with Crippen molar-refractivity contribution in [3.63, 3.8) is 0 Å². The van der Waals surface area contributed by atoms with E-state index in [4.69, 9.17) is 10.5 Å². The molecule has 1 aliphatic heterocycles. The number of Topliss-reactive ketones (excluding diaryl/α,β-unsaturated/α-hetero) is 1. The van der Waals surface area contributed by atoms with Gasteiger partial charge in [-0.3, -0.25) is 14.4 Å². The summed E-state index contributed by atoms with van der Waals surface area (Å²) >= 11 is 0. The van der Waals surface area contributed by atoms with Crippen LogP contribution >= 0.6 is 0 Å². The van der Waals surface area contributed by atoms with Gasteiger partial charge in [0, 0.05) is 26.2 Å². The predicted molar refractivity (Wildman–Crippen MR) is 101 cm³/mol. The summed E-state index contributed by atoms with van der Waals surface area (Å²) in [6.45, 7) is 8.55. The van der Waals surface area contributed by atoms with Crippen LogP contribution in [0.15, 0.2) is 0 Å². The van der Waals surface area contributed by atoms with Gasteiger partial charge in [0.05, 0.1) is 24.2 Å².